The van der Waals surface area contributed by atoms with Gasteiger partial charge in [-0.05, 0) is 33.8 Å². The average Bonchev–Trinajstić information content (AvgIpc) is 3.07. The van der Waals surface area contributed by atoms with Gasteiger partial charge in [0.15, 0.2) is 11.6 Å². The van der Waals surface area contributed by atoms with Crippen LogP contribution in [0.4, 0.5) is 0 Å². The Morgan fingerprint density at radius 2 is 0.923 bits per heavy atom. The molecule has 3 aliphatic rings. The Balaban J connectivity index is 2.14. The summed E-state index contributed by atoms with van der Waals surface area (Å²) < 4.78 is -1.13. The molecule has 1 aromatic rings. The molecule has 0 amide bonds. The van der Waals surface area contributed by atoms with Gasteiger partial charge in [-0.15, -0.1) is 23.5 Å². The number of hydrogen-bond acceptors (Lipinski definition) is 5. The largest absolute Gasteiger partial charge is 0.289 e. The van der Waals surface area contributed by atoms with E-state index < -0.39 is 9.49 Å². The summed E-state index contributed by atoms with van der Waals surface area (Å²) in [6.07, 6.45) is 10.8. The molecule has 210 valence electrons. The van der Waals surface area contributed by atoms with Crippen molar-refractivity contribution in [3.05, 3.63) is 76.7 Å². The zero-order valence-corrected chi connectivity index (χ0v) is 27.4. The highest BCUT2D eigenvalue weighted by Crippen LogP contribution is 2.70. The summed E-state index contributed by atoms with van der Waals surface area (Å²) in [5, 5.41) is 0. The van der Waals surface area contributed by atoms with Gasteiger partial charge >= 0.3 is 0 Å². The van der Waals surface area contributed by atoms with Crippen LogP contribution in [0.3, 0.4) is 0 Å². The van der Waals surface area contributed by atoms with Crippen molar-refractivity contribution in [3.8, 4) is 0 Å². The number of carbonyl (C=O) groups excluding carboxylic acids is 2. The third-order valence-corrected chi connectivity index (χ3v) is 11.3. The van der Waals surface area contributed by atoms with Crippen molar-refractivity contribution in [2.24, 2.45) is 21.7 Å². The second-order valence-electron chi connectivity index (χ2n) is 15.3. The van der Waals surface area contributed by atoms with Gasteiger partial charge in [-0.25, -0.2) is 0 Å². The van der Waals surface area contributed by atoms with Crippen LogP contribution in [0.15, 0.2) is 71.0 Å². The number of pyridine rings is 1. The van der Waals surface area contributed by atoms with Crippen molar-refractivity contribution in [2.45, 2.75) is 97.2 Å². The lowest BCUT2D eigenvalue weighted by Gasteiger charge is -2.46. The number of aromatic nitrogens is 1. The van der Waals surface area contributed by atoms with Crippen molar-refractivity contribution in [1.29, 1.82) is 0 Å². The van der Waals surface area contributed by atoms with Crippen LogP contribution in [-0.2, 0) is 9.59 Å². The Bertz CT molecular complexity index is 1160. The molecule has 2 heterocycles. The number of thioether (sulfide) groups is 2. The molecular formula is C34H45NO2S2. The van der Waals surface area contributed by atoms with Crippen LogP contribution in [0.2, 0.25) is 0 Å². The number of carbonyl (C=O) groups is 2. The fourth-order valence-corrected chi connectivity index (χ4v) is 9.52. The molecule has 0 unspecified atom stereocenters. The minimum absolute atomic E-state index is 0.0254. The quantitative estimate of drug-likeness (QED) is 0.341. The first-order valence-electron chi connectivity index (χ1n) is 13.9. The average molecular weight is 564 g/mol. The molecule has 2 spiro atoms. The minimum Gasteiger partial charge on any atom is -0.289 e. The summed E-state index contributed by atoms with van der Waals surface area (Å²) in [5.41, 5.74) is 3.06. The van der Waals surface area contributed by atoms with Gasteiger partial charge < -0.3 is 0 Å². The minimum atomic E-state index is -0.577. The van der Waals surface area contributed by atoms with Crippen LogP contribution in [0.25, 0.3) is 0 Å². The van der Waals surface area contributed by atoms with Gasteiger partial charge in [0.05, 0.1) is 19.8 Å². The molecule has 3 nitrogen and oxygen atoms in total. The van der Waals surface area contributed by atoms with Crippen molar-refractivity contribution in [2.75, 3.05) is 0 Å². The summed E-state index contributed by atoms with van der Waals surface area (Å²) in [6.45, 7) is 25.5. The summed E-state index contributed by atoms with van der Waals surface area (Å²) in [7, 11) is 0. The van der Waals surface area contributed by atoms with E-state index in [4.69, 9.17) is 4.98 Å². The van der Waals surface area contributed by atoms with E-state index >= 15 is 0 Å². The van der Waals surface area contributed by atoms with Crippen molar-refractivity contribution >= 4 is 35.1 Å². The Morgan fingerprint density at radius 1 is 0.590 bits per heavy atom. The van der Waals surface area contributed by atoms with Gasteiger partial charge in [0.25, 0.3) is 0 Å². The van der Waals surface area contributed by atoms with Gasteiger partial charge in [0, 0.05) is 28.5 Å². The molecule has 39 heavy (non-hydrogen) atoms. The molecule has 4 rings (SSSR count). The van der Waals surface area contributed by atoms with E-state index in [-0.39, 0.29) is 37.8 Å². The van der Waals surface area contributed by atoms with Crippen LogP contribution >= 0.6 is 23.5 Å². The van der Waals surface area contributed by atoms with Crippen LogP contribution < -0.4 is 0 Å². The smallest absolute Gasteiger partial charge is 0.185 e. The Kier molecular flexibility index (Phi) is 7.21. The SMILES string of the molecule is CC(C)(C)C1=CC2(C=C(C(C)(C)C)C1=O)SC(c1ccccn1)SC21C=C(C(C)(C)C)C(=O)C(C(C)(C)C)=C1. The number of allylic oxidation sites excluding steroid dienone is 4. The van der Waals surface area contributed by atoms with E-state index in [1.807, 2.05) is 41.9 Å². The second kappa shape index (κ2) is 9.34. The van der Waals surface area contributed by atoms with E-state index in [0.29, 0.717) is 0 Å². The van der Waals surface area contributed by atoms with Gasteiger partial charge in [-0.2, -0.15) is 0 Å². The number of Topliss-reactive ketones (excluding diaryl/α,β-unsaturated/α-hetero) is 2. The summed E-state index contributed by atoms with van der Waals surface area (Å²) in [4.78, 5) is 32.8. The molecule has 0 radical (unpaired) electrons. The number of nitrogens with zero attached hydrogens (tertiary/aromatic N) is 1. The predicted molar refractivity (Wildman–Crippen MR) is 168 cm³/mol. The molecule has 0 bridgehead atoms. The molecule has 2 aliphatic carbocycles. The zero-order chi connectivity index (χ0) is 29.4. The third-order valence-electron chi connectivity index (χ3n) is 7.79. The number of rotatable bonds is 1. The molecule has 1 aromatic heterocycles. The lowest BCUT2D eigenvalue weighted by atomic mass is 9.65. The highest BCUT2D eigenvalue weighted by atomic mass is 32.2. The number of hydrogen-bond donors (Lipinski definition) is 0. The van der Waals surface area contributed by atoms with Crippen LogP contribution in [0, 0.1) is 21.7 Å². The molecule has 0 saturated carbocycles. The van der Waals surface area contributed by atoms with Gasteiger partial charge in [-0.1, -0.05) is 113 Å². The standard InChI is InChI=1S/C34H45NO2S2/c1-29(2,3)21-17-33(18-22(26(21)36)30(4,5)6)34(39-28(38-33)25-15-13-14-16-35-25)19-23(31(7,8)9)27(37)24(20-34)32(10,11)12/h13-20,28H,1-12H3. The van der Waals surface area contributed by atoms with E-state index in [2.05, 4.69) is 113 Å². The topological polar surface area (TPSA) is 47.0 Å². The van der Waals surface area contributed by atoms with Crippen molar-refractivity contribution in [3.63, 3.8) is 0 Å². The Hall–Kier alpha value is -1.85. The molecule has 1 saturated heterocycles. The number of ketones is 2. The maximum absolute atomic E-state index is 14.0. The molecule has 0 aromatic carbocycles. The van der Waals surface area contributed by atoms with Crippen LogP contribution in [0.5, 0.6) is 0 Å². The van der Waals surface area contributed by atoms with Crippen LogP contribution in [-0.4, -0.2) is 26.0 Å². The third kappa shape index (κ3) is 5.30. The first kappa shape index (κ1) is 30.1. The Morgan fingerprint density at radius 3 is 1.18 bits per heavy atom. The van der Waals surface area contributed by atoms with E-state index in [0.717, 1.165) is 28.0 Å². The summed E-state index contributed by atoms with van der Waals surface area (Å²) >= 11 is 3.71. The fourth-order valence-electron chi connectivity index (χ4n) is 5.51. The van der Waals surface area contributed by atoms with Crippen LogP contribution in [0.1, 0.15) is 93.4 Å². The Labute approximate surface area is 244 Å². The normalized spacial score (nSPS) is 22.2. The molecule has 0 atom stereocenters. The molecule has 1 fully saturated rings. The summed E-state index contributed by atoms with van der Waals surface area (Å²) in [5.74, 6) is 0.268. The zero-order valence-electron chi connectivity index (χ0n) is 25.8. The second-order valence-corrected chi connectivity index (χ2v) is 18.4. The lowest BCUT2D eigenvalue weighted by Crippen LogP contribution is -2.48. The molecule has 5 heteroatoms. The predicted octanol–water partition coefficient (Wildman–Crippen LogP) is 9.09. The maximum atomic E-state index is 14.0. The van der Waals surface area contributed by atoms with E-state index in [9.17, 15) is 9.59 Å². The lowest BCUT2D eigenvalue weighted by molar-refractivity contribution is -0.115. The monoisotopic (exact) mass is 563 g/mol. The highest BCUT2D eigenvalue weighted by Gasteiger charge is 2.61. The van der Waals surface area contributed by atoms with E-state index in [1.165, 1.54) is 0 Å². The molecule has 0 N–H and O–H groups in total. The highest BCUT2D eigenvalue weighted by molar-refractivity contribution is 8.21. The van der Waals surface area contributed by atoms with Gasteiger partial charge in [0.2, 0.25) is 0 Å². The first-order valence-corrected chi connectivity index (χ1v) is 15.7. The van der Waals surface area contributed by atoms with Gasteiger partial charge in [-0.3, -0.25) is 14.6 Å². The maximum Gasteiger partial charge on any atom is 0.185 e. The molecule has 1 aliphatic heterocycles. The molecular weight excluding hydrogens is 519 g/mol. The summed E-state index contributed by atoms with van der Waals surface area (Å²) in [6, 6.07) is 6.07. The number of fused-ring (bicyclic) bond motifs is 1. The van der Waals surface area contributed by atoms with Gasteiger partial charge in [0.1, 0.15) is 0 Å². The fraction of sp³-hybridized carbons (Fsp3) is 0.559. The van der Waals surface area contributed by atoms with E-state index in [1.54, 1.807) is 0 Å². The van der Waals surface area contributed by atoms with Crippen molar-refractivity contribution in [1.82, 2.24) is 4.98 Å². The first-order chi connectivity index (χ1) is 17.6. The van der Waals surface area contributed by atoms with Crippen molar-refractivity contribution < 1.29 is 9.59 Å².